The zero-order chi connectivity index (χ0) is 12.4. The summed E-state index contributed by atoms with van der Waals surface area (Å²) in [7, 11) is 0. The van der Waals surface area contributed by atoms with E-state index < -0.39 is 0 Å². The molecule has 1 heterocycles. The van der Waals surface area contributed by atoms with Crippen LogP contribution < -0.4 is 5.32 Å². The summed E-state index contributed by atoms with van der Waals surface area (Å²) in [6, 6.07) is 7.14. The molecular weight excluding hydrogens is 229 g/mol. The minimum atomic E-state index is -0.178. The molecule has 1 aromatic carbocycles. The topological polar surface area (TPSA) is 40.7 Å². The lowest BCUT2D eigenvalue weighted by Crippen LogP contribution is -2.22. The molecule has 1 aliphatic carbocycles. The minimum Gasteiger partial charge on any atom is -0.305 e. The molecule has 0 spiro atoms. The van der Waals surface area contributed by atoms with Gasteiger partial charge in [-0.1, -0.05) is 12.1 Å². The van der Waals surface area contributed by atoms with Gasteiger partial charge in [0, 0.05) is 24.3 Å². The van der Waals surface area contributed by atoms with E-state index in [0.29, 0.717) is 12.0 Å². The monoisotopic (exact) mass is 245 g/mol. The Labute approximate surface area is 105 Å². The molecule has 0 aliphatic heterocycles. The van der Waals surface area contributed by atoms with Crippen molar-refractivity contribution in [1.29, 1.82) is 0 Å². The van der Waals surface area contributed by atoms with Crippen molar-refractivity contribution in [3.63, 3.8) is 0 Å². The van der Waals surface area contributed by atoms with Crippen LogP contribution in [0.3, 0.4) is 0 Å². The first-order valence-corrected chi connectivity index (χ1v) is 6.29. The van der Waals surface area contributed by atoms with Gasteiger partial charge < -0.3 is 5.32 Å². The van der Waals surface area contributed by atoms with Crippen LogP contribution in [0.15, 0.2) is 36.7 Å². The summed E-state index contributed by atoms with van der Waals surface area (Å²) in [5, 5.41) is 10.3. The number of aromatic nitrogens is 2. The van der Waals surface area contributed by atoms with Crippen LogP contribution in [-0.4, -0.2) is 10.2 Å². The van der Waals surface area contributed by atoms with Crippen LogP contribution in [0, 0.1) is 11.7 Å². The highest BCUT2D eigenvalue weighted by atomic mass is 19.1. The van der Waals surface area contributed by atoms with Gasteiger partial charge in [-0.15, -0.1) is 0 Å². The normalized spacial score (nSPS) is 16.7. The largest absolute Gasteiger partial charge is 0.305 e. The van der Waals surface area contributed by atoms with Crippen LogP contribution in [0.5, 0.6) is 0 Å². The second kappa shape index (κ2) is 4.90. The Bertz CT molecular complexity index is 488. The lowest BCUT2D eigenvalue weighted by molar-refractivity contribution is 0.479. The summed E-state index contributed by atoms with van der Waals surface area (Å²) in [5.41, 5.74) is 2.31. The fourth-order valence-electron chi connectivity index (χ4n) is 2.26. The van der Waals surface area contributed by atoms with Crippen LogP contribution in [0.4, 0.5) is 4.39 Å². The number of nitrogens with one attached hydrogen (secondary N) is 2. The van der Waals surface area contributed by atoms with E-state index in [1.54, 1.807) is 0 Å². The molecule has 1 saturated carbocycles. The van der Waals surface area contributed by atoms with Crippen LogP contribution >= 0.6 is 0 Å². The highest BCUT2D eigenvalue weighted by Crippen LogP contribution is 2.41. The van der Waals surface area contributed by atoms with Gasteiger partial charge in [-0.2, -0.15) is 5.10 Å². The molecule has 3 rings (SSSR count). The number of hydrogen-bond acceptors (Lipinski definition) is 2. The Morgan fingerprint density at radius 1 is 1.33 bits per heavy atom. The lowest BCUT2D eigenvalue weighted by Gasteiger charge is -2.18. The van der Waals surface area contributed by atoms with E-state index in [9.17, 15) is 4.39 Å². The van der Waals surface area contributed by atoms with E-state index in [1.807, 2.05) is 24.5 Å². The molecule has 1 unspecified atom stereocenters. The highest BCUT2D eigenvalue weighted by Gasteiger charge is 2.31. The molecule has 0 amide bonds. The van der Waals surface area contributed by atoms with E-state index in [4.69, 9.17) is 0 Å². The summed E-state index contributed by atoms with van der Waals surface area (Å²) < 4.78 is 12.9. The molecule has 1 atom stereocenters. The van der Waals surface area contributed by atoms with Crippen molar-refractivity contribution >= 4 is 0 Å². The second-order valence-electron chi connectivity index (χ2n) is 4.85. The SMILES string of the molecule is Fc1ccc(C(NCc2cn[nH]c2)C2CC2)cc1. The maximum Gasteiger partial charge on any atom is 0.123 e. The van der Waals surface area contributed by atoms with Gasteiger partial charge >= 0.3 is 0 Å². The molecule has 1 fully saturated rings. The molecule has 1 aromatic heterocycles. The highest BCUT2D eigenvalue weighted by molar-refractivity contribution is 5.22. The number of aromatic amines is 1. The van der Waals surface area contributed by atoms with Gasteiger partial charge in [-0.3, -0.25) is 5.10 Å². The molecule has 2 N–H and O–H groups in total. The van der Waals surface area contributed by atoms with E-state index in [1.165, 1.54) is 30.5 Å². The van der Waals surface area contributed by atoms with Gasteiger partial charge in [-0.05, 0) is 36.5 Å². The molecule has 94 valence electrons. The first kappa shape index (κ1) is 11.4. The molecule has 18 heavy (non-hydrogen) atoms. The fraction of sp³-hybridized carbons (Fsp3) is 0.357. The number of nitrogens with zero attached hydrogens (tertiary/aromatic N) is 1. The van der Waals surface area contributed by atoms with Crippen molar-refractivity contribution in [2.24, 2.45) is 5.92 Å². The van der Waals surface area contributed by atoms with Gasteiger partial charge in [0.25, 0.3) is 0 Å². The van der Waals surface area contributed by atoms with E-state index in [0.717, 1.165) is 12.1 Å². The number of hydrogen-bond donors (Lipinski definition) is 2. The number of benzene rings is 1. The lowest BCUT2D eigenvalue weighted by atomic mass is 10.0. The Morgan fingerprint density at radius 3 is 2.72 bits per heavy atom. The third-order valence-electron chi connectivity index (χ3n) is 3.40. The van der Waals surface area contributed by atoms with Crippen molar-refractivity contribution in [3.05, 3.63) is 53.6 Å². The van der Waals surface area contributed by atoms with Crippen molar-refractivity contribution in [2.45, 2.75) is 25.4 Å². The Hall–Kier alpha value is -1.68. The first-order valence-electron chi connectivity index (χ1n) is 6.29. The molecule has 0 radical (unpaired) electrons. The number of halogens is 1. The van der Waals surface area contributed by atoms with Gasteiger partial charge in [0.15, 0.2) is 0 Å². The maximum absolute atomic E-state index is 12.9. The van der Waals surface area contributed by atoms with Crippen molar-refractivity contribution in [3.8, 4) is 0 Å². The molecule has 3 nitrogen and oxygen atoms in total. The number of H-pyrrole nitrogens is 1. The van der Waals surface area contributed by atoms with Crippen LogP contribution in [0.25, 0.3) is 0 Å². The van der Waals surface area contributed by atoms with Crippen molar-refractivity contribution < 1.29 is 4.39 Å². The van der Waals surface area contributed by atoms with Crippen molar-refractivity contribution in [2.75, 3.05) is 0 Å². The standard InChI is InChI=1S/C14H16FN3/c15-13-5-3-12(4-6-13)14(11-1-2-11)16-7-10-8-17-18-9-10/h3-6,8-9,11,14,16H,1-2,7H2,(H,17,18). The zero-order valence-corrected chi connectivity index (χ0v) is 10.1. The Morgan fingerprint density at radius 2 is 2.11 bits per heavy atom. The van der Waals surface area contributed by atoms with Gasteiger partial charge in [0.05, 0.1) is 6.20 Å². The Kier molecular flexibility index (Phi) is 3.11. The van der Waals surface area contributed by atoms with Crippen LogP contribution in [0.2, 0.25) is 0 Å². The molecular formula is C14H16FN3. The van der Waals surface area contributed by atoms with E-state index >= 15 is 0 Å². The first-order chi connectivity index (χ1) is 8.83. The van der Waals surface area contributed by atoms with E-state index in [-0.39, 0.29) is 5.82 Å². The minimum absolute atomic E-state index is 0.178. The average molecular weight is 245 g/mol. The summed E-state index contributed by atoms with van der Waals surface area (Å²) in [4.78, 5) is 0. The quantitative estimate of drug-likeness (QED) is 0.850. The summed E-state index contributed by atoms with van der Waals surface area (Å²) in [6.45, 7) is 0.787. The third-order valence-corrected chi connectivity index (χ3v) is 3.40. The van der Waals surface area contributed by atoms with Crippen molar-refractivity contribution in [1.82, 2.24) is 15.5 Å². The predicted molar refractivity (Wildman–Crippen MR) is 67.3 cm³/mol. The average Bonchev–Trinajstić information content (AvgIpc) is 3.08. The second-order valence-corrected chi connectivity index (χ2v) is 4.85. The van der Waals surface area contributed by atoms with Gasteiger partial charge in [-0.25, -0.2) is 4.39 Å². The smallest absolute Gasteiger partial charge is 0.123 e. The van der Waals surface area contributed by atoms with Crippen LogP contribution in [-0.2, 0) is 6.54 Å². The number of rotatable bonds is 5. The summed E-state index contributed by atoms with van der Waals surface area (Å²) in [5.74, 6) is 0.505. The predicted octanol–water partition coefficient (Wildman–Crippen LogP) is 2.79. The third kappa shape index (κ3) is 2.59. The van der Waals surface area contributed by atoms with E-state index in [2.05, 4.69) is 15.5 Å². The summed E-state index contributed by atoms with van der Waals surface area (Å²) >= 11 is 0. The summed E-state index contributed by atoms with van der Waals surface area (Å²) in [6.07, 6.45) is 6.21. The Balaban J connectivity index is 1.70. The maximum atomic E-state index is 12.9. The zero-order valence-electron chi connectivity index (χ0n) is 10.1. The molecule has 0 bridgehead atoms. The van der Waals surface area contributed by atoms with Gasteiger partial charge in [0.2, 0.25) is 0 Å². The molecule has 0 saturated heterocycles. The molecule has 1 aliphatic rings. The van der Waals surface area contributed by atoms with Crippen LogP contribution in [0.1, 0.15) is 30.0 Å². The molecule has 2 aromatic rings. The molecule has 4 heteroatoms. The fourth-order valence-corrected chi connectivity index (χ4v) is 2.26. The van der Waals surface area contributed by atoms with Gasteiger partial charge in [0.1, 0.15) is 5.82 Å².